The van der Waals surface area contributed by atoms with E-state index in [4.69, 9.17) is 29.2 Å². The van der Waals surface area contributed by atoms with Crippen molar-refractivity contribution in [3.05, 3.63) is 0 Å². The summed E-state index contributed by atoms with van der Waals surface area (Å²) in [5, 5.41) is 17.2. The van der Waals surface area contributed by atoms with Gasteiger partial charge in [0.25, 0.3) is 0 Å². The Morgan fingerprint density at radius 2 is 1.16 bits per heavy atom. The minimum absolute atomic E-state index is 0.209. The van der Waals surface area contributed by atoms with Crippen LogP contribution in [0.5, 0.6) is 0 Å². The molecule has 0 amide bonds. The van der Waals surface area contributed by atoms with Crippen molar-refractivity contribution < 1.29 is 38.7 Å². The first-order chi connectivity index (χ1) is 8.99. The van der Waals surface area contributed by atoms with Gasteiger partial charge in [-0.2, -0.15) is 0 Å². The van der Waals surface area contributed by atoms with Crippen LogP contribution < -0.4 is 0 Å². The number of carboxylic acids is 2. The maximum atomic E-state index is 10.5. The molecule has 2 saturated heterocycles. The highest BCUT2D eigenvalue weighted by atomic mass is 16.7. The summed E-state index contributed by atoms with van der Waals surface area (Å²) in [4.78, 5) is 21.0. The number of aliphatic carboxylic acids is 2. The highest BCUT2D eigenvalue weighted by Gasteiger charge is 2.42. The van der Waals surface area contributed by atoms with Gasteiger partial charge in [0.05, 0.1) is 44.7 Å². The van der Waals surface area contributed by atoms with Gasteiger partial charge in [-0.3, -0.25) is 9.59 Å². The van der Waals surface area contributed by atoms with Gasteiger partial charge in [-0.15, -0.1) is 0 Å². The van der Waals surface area contributed by atoms with Gasteiger partial charge in [0, 0.05) is 0 Å². The molecular weight excluding hydrogens is 260 g/mol. The van der Waals surface area contributed by atoms with E-state index in [9.17, 15) is 9.59 Å². The van der Waals surface area contributed by atoms with Crippen LogP contribution in [0.3, 0.4) is 0 Å². The summed E-state index contributed by atoms with van der Waals surface area (Å²) in [5.41, 5.74) is -0.482. The molecule has 2 heterocycles. The third-order valence-electron chi connectivity index (χ3n) is 2.98. The molecule has 108 valence electrons. The lowest BCUT2D eigenvalue weighted by Gasteiger charge is -2.43. The van der Waals surface area contributed by atoms with Crippen molar-refractivity contribution >= 4 is 11.9 Å². The van der Waals surface area contributed by atoms with Crippen LogP contribution in [0, 0.1) is 5.41 Å². The summed E-state index contributed by atoms with van der Waals surface area (Å²) in [6, 6.07) is 0. The van der Waals surface area contributed by atoms with Crippen molar-refractivity contribution in [2.24, 2.45) is 5.41 Å². The van der Waals surface area contributed by atoms with Gasteiger partial charge >= 0.3 is 11.9 Å². The molecule has 8 nitrogen and oxygen atoms in total. The predicted octanol–water partition coefficient (Wildman–Crippen LogP) is -0.332. The van der Waals surface area contributed by atoms with Crippen molar-refractivity contribution in [1.82, 2.24) is 0 Å². The minimum atomic E-state index is -0.987. The van der Waals surface area contributed by atoms with Crippen molar-refractivity contribution in [3.8, 4) is 0 Å². The number of hydrogen-bond acceptors (Lipinski definition) is 6. The highest BCUT2D eigenvalue weighted by molar-refractivity contribution is 5.67. The Labute approximate surface area is 109 Å². The Balaban J connectivity index is 1.78. The fourth-order valence-corrected chi connectivity index (χ4v) is 1.95. The van der Waals surface area contributed by atoms with Gasteiger partial charge in [0.2, 0.25) is 0 Å². The van der Waals surface area contributed by atoms with Crippen LogP contribution in [-0.4, -0.2) is 61.2 Å². The van der Waals surface area contributed by atoms with Gasteiger partial charge in [0.15, 0.2) is 12.6 Å². The van der Waals surface area contributed by atoms with Crippen LogP contribution in [0.4, 0.5) is 0 Å². The number of carboxylic acid groups (broad SMARTS) is 2. The predicted molar refractivity (Wildman–Crippen MR) is 58.3 cm³/mol. The smallest absolute Gasteiger partial charge is 0.308 e. The third-order valence-corrected chi connectivity index (χ3v) is 2.98. The fraction of sp³-hybridized carbons (Fsp3) is 0.818. The molecule has 2 N–H and O–H groups in total. The van der Waals surface area contributed by atoms with Crippen molar-refractivity contribution in [1.29, 1.82) is 0 Å². The van der Waals surface area contributed by atoms with Gasteiger partial charge in [-0.25, -0.2) is 0 Å². The van der Waals surface area contributed by atoms with E-state index >= 15 is 0 Å². The number of hydrogen-bond donors (Lipinski definition) is 2. The van der Waals surface area contributed by atoms with E-state index in [1.54, 1.807) is 0 Å². The maximum absolute atomic E-state index is 10.5. The van der Waals surface area contributed by atoms with Crippen molar-refractivity contribution in [2.75, 3.05) is 26.4 Å². The summed E-state index contributed by atoms with van der Waals surface area (Å²) >= 11 is 0. The Kier molecular flexibility index (Phi) is 4.35. The van der Waals surface area contributed by atoms with E-state index in [-0.39, 0.29) is 39.3 Å². The molecule has 19 heavy (non-hydrogen) atoms. The molecular formula is C11H16O8. The van der Waals surface area contributed by atoms with Crippen molar-refractivity contribution in [2.45, 2.75) is 25.4 Å². The zero-order chi connectivity index (χ0) is 13.9. The molecule has 0 aromatic carbocycles. The summed E-state index contributed by atoms with van der Waals surface area (Å²) < 4.78 is 21.3. The molecule has 0 unspecified atom stereocenters. The molecule has 2 fully saturated rings. The van der Waals surface area contributed by atoms with Crippen LogP contribution >= 0.6 is 0 Å². The summed E-state index contributed by atoms with van der Waals surface area (Å²) in [6.07, 6.45) is -1.92. The van der Waals surface area contributed by atoms with Gasteiger partial charge < -0.3 is 29.2 Å². The average Bonchev–Trinajstić information content (AvgIpc) is 2.34. The molecule has 0 saturated carbocycles. The molecule has 0 bridgehead atoms. The summed E-state index contributed by atoms with van der Waals surface area (Å²) in [6.45, 7) is 1.07. The fourth-order valence-electron chi connectivity index (χ4n) is 1.95. The maximum Gasteiger partial charge on any atom is 0.308 e. The Hall–Kier alpha value is -1.22. The summed E-state index contributed by atoms with van der Waals surface area (Å²) in [5.74, 6) is -1.97. The average molecular weight is 276 g/mol. The molecule has 0 aromatic heterocycles. The van der Waals surface area contributed by atoms with E-state index in [1.807, 2.05) is 0 Å². The van der Waals surface area contributed by atoms with Crippen LogP contribution in [0.15, 0.2) is 0 Å². The van der Waals surface area contributed by atoms with Gasteiger partial charge in [0.1, 0.15) is 0 Å². The monoisotopic (exact) mass is 276 g/mol. The standard InChI is InChI=1S/C11H16O8/c12-7(13)1-9-16-3-11(4-17-9)5-18-10(19-6-11)2-8(14)15/h9-10H,1-6H2,(H,12,13)(H,14,15). The van der Waals surface area contributed by atoms with E-state index in [0.717, 1.165) is 0 Å². The molecule has 8 heteroatoms. The first-order valence-electron chi connectivity index (χ1n) is 5.89. The van der Waals surface area contributed by atoms with E-state index < -0.39 is 29.9 Å². The molecule has 0 atom stereocenters. The third kappa shape index (κ3) is 3.87. The largest absolute Gasteiger partial charge is 0.481 e. The molecule has 0 aliphatic carbocycles. The van der Waals surface area contributed by atoms with Crippen LogP contribution in [0.2, 0.25) is 0 Å². The molecule has 2 rings (SSSR count). The summed E-state index contributed by atoms with van der Waals surface area (Å²) in [7, 11) is 0. The molecule has 1 spiro atoms. The lowest BCUT2D eigenvalue weighted by molar-refractivity contribution is -0.302. The van der Waals surface area contributed by atoms with Crippen molar-refractivity contribution in [3.63, 3.8) is 0 Å². The normalized spacial score (nSPS) is 35.2. The van der Waals surface area contributed by atoms with E-state index in [0.29, 0.717) is 0 Å². The number of carbonyl (C=O) groups is 2. The van der Waals surface area contributed by atoms with Gasteiger partial charge in [-0.05, 0) is 0 Å². The van der Waals surface area contributed by atoms with Crippen LogP contribution in [0.25, 0.3) is 0 Å². The second-order valence-corrected chi connectivity index (χ2v) is 4.80. The Morgan fingerprint density at radius 3 is 1.42 bits per heavy atom. The molecule has 0 radical (unpaired) electrons. The van der Waals surface area contributed by atoms with Crippen LogP contribution in [0.1, 0.15) is 12.8 Å². The minimum Gasteiger partial charge on any atom is -0.481 e. The Morgan fingerprint density at radius 1 is 0.842 bits per heavy atom. The molecule has 2 aliphatic heterocycles. The lowest BCUT2D eigenvalue weighted by atomic mass is 9.90. The second kappa shape index (κ2) is 5.83. The SMILES string of the molecule is O=C(O)CC1OCC2(CO1)COC(CC(=O)O)OC2. The second-order valence-electron chi connectivity index (χ2n) is 4.80. The lowest BCUT2D eigenvalue weighted by Crippen LogP contribution is -2.52. The first kappa shape index (κ1) is 14.2. The van der Waals surface area contributed by atoms with Gasteiger partial charge in [-0.1, -0.05) is 0 Å². The zero-order valence-corrected chi connectivity index (χ0v) is 10.2. The molecule has 0 aromatic rings. The van der Waals surface area contributed by atoms with Crippen LogP contribution in [-0.2, 0) is 28.5 Å². The quantitative estimate of drug-likeness (QED) is 0.717. The number of rotatable bonds is 4. The highest BCUT2D eigenvalue weighted by Crippen LogP contribution is 2.31. The first-order valence-corrected chi connectivity index (χ1v) is 5.89. The number of ether oxygens (including phenoxy) is 4. The topological polar surface area (TPSA) is 112 Å². The molecule has 2 aliphatic rings. The van der Waals surface area contributed by atoms with E-state index in [2.05, 4.69) is 0 Å². The van der Waals surface area contributed by atoms with E-state index in [1.165, 1.54) is 0 Å². The zero-order valence-electron chi connectivity index (χ0n) is 10.2. The Bertz CT molecular complexity index is 301.